The zero-order valence-corrected chi connectivity index (χ0v) is 16.9. The molecule has 3 unspecified atom stereocenters. The number of nitrogens with one attached hydrogen (secondary N) is 2. The van der Waals surface area contributed by atoms with E-state index in [0.717, 1.165) is 0 Å². The average Bonchev–Trinajstić information content (AvgIpc) is 2.99. The van der Waals surface area contributed by atoms with Gasteiger partial charge < -0.3 is 25.4 Å². The number of carboxylic acids is 1. The van der Waals surface area contributed by atoms with E-state index in [2.05, 4.69) is 10.6 Å². The molecular formula is C18H31N3O6. The highest BCUT2D eigenvalue weighted by Gasteiger charge is 2.37. The molecule has 0 aromatic heterocycles. The Morgan fingerprint density at radius 3 is 2.19 bits per heavy atom. The molecule has 0 aliphatic carbocycles. The number of likely N-dealkylation sites (tertiary alicyclic amines) is 1. The minimum absolute atomic E-state index is 0.238. The third-order valence-electron chi connectivity index (χ3n) is 4.17. The van der Waals surface area contributed by atoms with Crippen LogP contribution < -0.4 is 10.6 Å². The van der Waals surface area contributed by atoms with E-state index in [9.17, 15) is 24.3 Å². The van der Waals surface area contributed by atoms with Gasteiger partial charge in [0.25, 0.3) is 0 Å². The molecule has 1 aliphatic rings. The van der Waals surface area contributed by atoms with Crippen molar-refractivity contribution in [3.8, 4) is 0 Å². The maximum atomic E-state index is 12.6. The van der Waals surface area contributed by atoms with Crippen molar-refractivity contribution >= 4 is 23.9 Å². The minimum atomic E-state index is -1.05. The normalized spacial score (nSPS) is 19.4. The van der Waals surface area contributed by atoms with E-state index in [1.165, 1.54) is 11.8 Å². The van der Waals surface area contributed by atoms with Gasteiger partial charge in [-0.25, -0.2) is 9.59 Å². The van der Waals surface area contributed by atoms with E-state index < -0.39 is 47.6 Å². The fourth-order valence-corrected chi connectivity index (χ4v) is 2.87. The third kappa shape index (κ3) is 6.73. The zero-order chi connectivity index (χ0) is 20.9. The Kier molecular flexibility index (Phi) is 7.62. The minimum Gasteiger partial charge on any atom is -0.480 e. The van der Waals surface area contributed by atoms with Crippen molar-refractivity contribution in [3.63, 3.8) is 0 Å². The number of hydrogen-bond donors (Lipinski definition) is 3. The second-order valence-corrected chi connectivity index (χ2v) is 8.13. The van der Waals surface area contributed by atoms with Gasteiger partial charge in [0.1, 0.15) is 23.7 Å². The van der Waals surface area contributed by atoms with Crippen LogP contribution in [-0.2, 0) is 19.1 Å². The number of aliphatic carboxylic acids is 1. The highest BCUT2D eigenvalue weighted by molar-refractivity contribution is 5.93. The van der Waals surface area contributed by atoms with Crippen LogP contribution in [0.5, 0.6) is 0 Å². The fraction of sp³-hybridized carbons (Fsp3) is 0.778. The van der Waals surface area contributed by atoms with Gasteiger partial charge in [-0.3, -0.25) is 9.59 Å². The van der Waals surface area contributed by atoms with Crippen LogP contribution in [0.2, 0.25) is 0 Å². The molecule has 0 bridgehead atoms. The SMILES string of the molecule is CC(NC(=O)C(NC(=O)OC(C)(C)C)C(C)C)C(=O)N1CCCC1C(=O)O. The quantitative estimate of drug-likeness (QED) is 0.629. The Morgan fingerprint density at radius 1 is 1.11 bits per heavy atom. The van der Waals surface area contributed by atoms with E-state index in [4.69, 9.17) is 4.74 Å². The van der Waals surface area contributed by atoms with Crippen LogP contribution in [0.3, 0.4) is 0 Å². The molecule has 1 saturated heterocycles. The summed E-state index contributed by atoms with van der Waals surface area (Å²) in [5.74, 6) is -2.26. The summed E-state index contributed by atoms with van der Waals surface area (Å²) in [5, 5.41) is 14.3. The van der Waals surface area contributed by atoms with E-state index in [1.807, 2.05) is 0 Å². The van der Waals surface area contributed by atoms with Crippen molar-refractivity contribution < 1.29 is 29.0 Å². The summed E-state index contributed by atoms with van der Waals surface area (Å²) in [5.41, 5.74) is -0.701. The number of carboxylic acid groups (broad SMARTS) is 1. The molecule has 1 rings (SSSR count). The lowest BCUT2D eigenvalue weighted by atomic mass is 10.0. The summed E-state index contributed by atoms with van der Waals surface area (Å²) in [4.78, 5) is 49.6. The van der Waals surface area contributed by atoms with Gasteiger partial charge in [0.2, 0.25) is 11.8 Å². The van der Waals surface area contributed by atoms with Gasteiger partial charge in [-0.15, -0.1) is 0 Å². The first kappa shape index (κ1) is 22.7. The van der Waals surface area contributed by atoms with Gasteiger partial charge in [-0.1, -0.05) is 13.8 Å². The molecule has 0 aromatic carbocycles. The van der Waals surface area contributed by atoms with Crippen LogP contribution in [0.25, 0.3) is 0 Å². The molecule has 154 valence electrons. The van der Waals surface area contributed by atoms with Crippen molar-refractivity contribution in [3.05, 3.63) is 0 Å². The lowest BCUT2D eigenvalue weighted by Gasteiger charge is -2.28. The van der Waals surface area contributed by atoms with Crippen molar-refractivity contribution in [1.29, 1.82) is 0 Å². The fourth-order valence-electron chi connectivity index (χ4n) is 2.87. The van der Waals surface area contributed by atoms with E-state index in [-0.39, 0.29) is 5.92 Å². The predicted octanol–water partition coefficient (Wildman–Crippen LogP) is 1.12. The monoisotopic (exact) mass is 385 g/mol. The molecule has 0 spiro atoms. The van der Waals surface area contributed by atoms with Crippen LogP contribution in [0.15, 0.2) is 0 Å². The number of alkyl carbamates (subject to hydrolysis) is 1. The maximum Gasteiger partial charge on any atom is 0.408 e. The van der Waals surface area contributed by atoms with Crippen LogP contribution in [0.4, 0.5) is 4.79 Å². The number of hydrogen-bond acceptors (Lipinski definition) is 5. The van der Waals surface area contributed by atoms with E-state index >= 15 is 0 Å². The van der Waals surface area contributed by atoms with Crippen molar-refractivity contribution in [2.75, 3.05) is 6.54 Å². The van der Waals surface area contributed by atoms with Gasteiger partial charge in [0.05, 0.1) is 0 Å². The second-order valence-electron chi connectivity index (χ2n) is 8.13. The summed E-state index contributed by atoms with van der Waals surface area (Å²) >= 11 is 0. The predicted molar refractivity (Wildman–Crippen MR) is 98.0 cm³/mol. The summed E-state index contributed by atoms with van der Waals surface area (Å²) in [6.07, 6.45) is 0.287. The molecule has 9 nitrogen and oxygen atoms in total. The van der Waals surface area contributed by atoms with Crippen LogP contribution in [0, 0.1) is 5.92 Å². The third-order valence-corrected chi connectivity index (χ3v) is 4.17. The smallest absolute Gasteiger partial charge is 0.408 e. The van der Waals surface area contributed by atoms with Gasteiger partial charge >= 0.3 is 12.1 Å². The molecule has 3 atom stereocenters. The summed E-state index contributed by atoms with van der Waals surface area (Å²) in [6, 6.07) is -2.65. The molecule has 0 aromatic rings. The number of carbonyl (C=O) groups excluding carboxylic acids is 3. The van der Waals surface area contributed by atoms with Crippen molar-refractivity contribution in [1.82, 2.24) is 15.5 Å². The molecule has 3 amide bonds. The van der Waals surface area contributed by atoms with Crippen molar-refractivity contribution in [2.24, 2.45) is 5.92 Å². The Labute approximate surface area is 159 Å². The highest BCUT2D eigenvalue weighted by atomic mass is 16.6. The second kappa shape index (κ2) is 9.05. The molecule has 9 heteroatoms. The summed E-state index contributed by atoms with van der Waals surface area (Å²) in [7, 11) is 0. The number of carbonyl (C=O) groups is 4. The average molecular weight is 385 g/mol. The zero-order valence-electron chi connectivity index (χ0n) is 16.9. The first-order valence-electron chi connectivity index (χ1n) is 9.16. The summed E-state index contributed by atoms with van der Waals surface area (Å²) in [6.45, 7) is 10.5. The van der Waals surface area contributed by atoms with Crippen molar-refractivity contribution in [2.45, 2.75) is 78.1 Å². The molecule has 1 aliphatic heterocycles. The van der Waals surface area contributed by atoms with Crippen LogP contribution in [-0.4, -0.2) is 64.2 Å². The van der Waals surface area contributed by atoms with Gasteiger partial charge in [0.15, 0.2) is 0 Å². The number of rotatable bonds is 6. The van der Waals surface area contributed by atoms with Gasteiger partial charge in [0, 0.05) is 6.54 Å². The van der Waals surface area contributed by atoms with Gasteiger partial charge in [-0.2, -0.15) is 0 Å². The molecule has 1 fully saturated rings. The molecule has 0 radical (unpaired) electrons. The summed E-state index contributed by atoms with van der Waals surface area (Å²) < 4.78 is 5.17. The molecule has 27 heavy (non-hydrogen) atoms. The standard InChI is InChI=1S/C18H31N3O6/c1-10(2)13(20-17(26)27-18(4,5)6)14(22)19-11(3)15(23)21-9-7-8-12(21)16(24)25/h10-13H,7-9H2,1-6H3,(H,19,22)(H,20,26)(H,24,25). The number of amides is 3. The Morgan fingerprint density at radius 2 is 1.70 bits per heavy atom. The largest absolute Gasteiger partial charge is 0.480 e. The van der Waals surface area contributed by atoms with E-state index in [0.29, 0.717) is 19.4 Å². The lowest BCUT2D eigenvalue weighted by Crippen LogP contribution is -2.56. The Hall–Kier alpha value is -2.32. The van der Waals surface area contributed by atoms with E-state index in [1.54, 1.807) is 34.6 Å². The lowest BCUT2D eigenvalue weighted by molar-refractivity contribution is -0.149. The molecule has 0 saturated carbocycles. The molecule has 1 heterocycles. The number of ether oxygens (including phenoxy) is 1. The van der Waals surface area contributed by atoms with Crippen LogP contribution in [0.1, 0.15) is 54.4 Å². The topological polar surface area (TPSA) is 125 Å². The first-order valence-corrected chi connectivity index (χ1v) is 9.16. The molecular weight excluding hydrogens is 354 g/mol. The van der Waals surface area contributed by atoms with Crippen LogP contribution >= 0.6 is 0 Å². The Bertz CT molecular complexity index is 584. The first-order chi connectivity index (χ1) is 12.3. The number of nitrogens with zero attached hydrogens (tertiary/aromatic N) is 1. The molecule has 3 N–H and O–H groups in total. The van der Waals surface area contributed by atoms with Gasteiger partial charge in [-0.05, 0) is 46.5 Å². The maximum absolute atomic E-state index is 12.6. The highest BCUT2D eigenvalue weighted by Crippen LogP contribution is 2.18. The Balaban J connectivity index is 2.73.